The number of nitrogens with zero attached hydrogens (tertiary/aromatic N) is 4. The van der Waals surface area contributed by atoms with E-state index in [1.165, 1.54) is 0 Å². The molecule has 0 radical (unpaired) electrons. The van der Waals surface area contributed by atoms with Crippen molar-refractivity contribution in [2.75, 3.05) is 31.1 Å². The summed E-state index contributed by atoms with van der Waals surface area (Å²) in [6, 6.07) is 5.76. The average molecular weight is 272 g/mol. The van der Waals surface area contributed by atoms with Gasteiger partial charge in [-0.05, 0) is 31.9 Å². The highest BCUT2D eigenvalue weighted by molar-refractivity contribution is 5.82. The second-order valence-electron chi connectivity index (χ2n) is 5.09. The van der Waals surface area contributed by atoms with E-state index in [2.05, 4.69) is 18.0 Å². The van der Waals surface area contributed by atoms with Crippen molar-refractivity contribution in [2.45, 2.75) is 26.7 Å². The number of pyridine rings is 1. The molecule has 0 N–H and O–H groups in total. The van der Waals surface area contributed by atoms with Crippen LogP contribution in [0.25, 0.3) is 0 Å². The van der Waals surface area contributed by atoms with Gasteiger partial charge in [0.1, 0.15) is 11.9 Å². The van der Waals surface area contributed by atoms with E-state index in [0.717, 1.165) is 38.2 Å². The van der Waals surface area contributed by atoms with Gasteiger partial charge in [0, 0.05) is 25.3 Å². The van der Waals surface area contributed by atoms with Crippen LogP contribution in [0.4, 0.5) is 5.82 Å². The van der Waals surface area contributed by atoms with E-state index < -0.39 is 0 Å². The Labute approximate surface area is 119 Å². The van der Waals surface area contributed by atoms with Crippen molar-refractivity contribution in [3.8, 4) is 6.07 Å². The maximum atomic E-state index is 12.2. The molecule has 2 heterocycles. The molecule has 0 aliphatic carbocycles. The van der Waals surface area contributed by atoms with Gasteiger partial charge in [0.25, 0.3) is 0 Å². The summed E-state index contributed by atoms with van der Waals surface area (Å²) in [6.07, 6.45) is 1.88. The van der Waals surface area contributed by atoms with Gasteiger partial charge in [-0.2, -0.15) is 5.26 Å². The fourth-order valence-corrected chi connectivity index (χ4v) is 2.48. The molecule has 0 spiro atoms. The fraction of sp³-hybridized carbons (Fsp3) is 0.533. The first-order valence-electron chi connectivity index (χ1n) is 7.06. The third-order valence-electron chi connectivity index (χ3n) is 3.46. The second kappa shape index (κ2) is 6.38. The minimum atomic E-state index is 0.122. The summed E-state index contributed by atoms with van der Waals surface area (Å²) in [5.74, 6) is 0.760. The number of rotatable bonds is 3. The van der Waals surface area contributed by atoms with Crippen molar-refractivity contribution in [1.29, 1.82) is 5.26 Å². The molecule has 0 atom stereocenters. The SMILES string of the molecule is CCCN1CCCN(c2nc(C)ccc2C#N)CC1=O. The molecule has 0 saturated carbocycles. The Kier molecular flexibility index (Phi) is 4.57. The van der Waals surface area contributed by atoms with Gasteiger partial charge in [-0.25, -0.2) is 4.98 Å². The molecule has 0 unspecified atom stereocenters. The van der Waals surface area contributed by atoms with E-state index in [0.29, 0.717) is 17.9 Å². The predicted octanol–water partition coefficient (Wildman–Crippen LogP) is 1.71. The van der Waals surface area contributed by atoms with Crippen LogP contribution >= 0.6 is 0 Å². The molecule has 1 aliphatic rings. The van der Waals surface area contributed by atoms with Gasteiger partial charge < -0.3 is 9.80 Å². The third-order valence-corrected chi connectivity index (χ3v) is 3.46. The first kappa shape index (κ1) is 14.3. The zero-order valence-electron chi connectivity index (χ0n) is 12.1. The molecule has 5 heteroatoms. The van der Waals surface area contributed by atoms with Crippen LogP contribution in [-0.4, -0.2) is 42.0 Å². The van der Waals surface area contributed by atoms with Crippen molar-refractivity contribution in [3.63, 3.8) is 0 Å². The molecular weight excluding hydrogens is 252 g/mol. The van der Waals surface area contributed by atoms with Gasteiger partial charge >= 0.3 is 0 Å². The molecule has 1 amide bonds. The van der Waals surface area contributed by atoms with E-state index in [-0.39, 0.29) is 5.91 Å². The van der Waals surface area contributed by atoms with Crippen LogP contribution in [0.3, 0.4) is 0 Å². The lowest BCUT2D eigenvalue weighted by Crippen LogP contribution is -2.37. The molecule has 1 aliphatic heterocycles. The summed E-state index contributed by atoms with van der Waals surface area (Å²) < 4.78 is 0. The monoisotopic (exact) mass is 272 g/mol. The van der Waals surface area contributed by atoms with Crippen LogP contribution in [0.1, 0.15) is 31.0 Å². The van der Waals surface area contributed by atoms with Crippen LogP contribution in [0, 0.1) is 18.3 Å². The van der Waals surface area contributed by atoms with Gasteiger partial charge in [-0.3, -0.25) is 4.79 Å². The average Bonchev–Trinajstić information content (AvgIpc) is 2.62. The molecule has 0 bridgehead atoms. The van der Waals surface area contributed by atoms with Crippen molar-refractivity contribution < 1.29 is 4.79 Å². The Balaban J connectivity index is 2.24. The minimum absolute atomic E-state index is 0.122. The molecule has 20 heavy (non-hydrogen) atoms. The van der Waals surface area contributed by atoms with Gasteiger partial charge in [-0.1, -0.05) is 6.92 Å². The highest BCUT2D eigenvalue weighted by Gasteiger charge is 2.23. The molecular formula is C15H20N4O. The number of amides is 1. The molecule has 106 valence electrons. The highest BCUT2D eigenvalue weighted by Crippen LogP contribution is 2.20. The lowest BCUT2D eigenvalue weighted by Gasteiger charge is -2.23. The van der Waals surface area contributed by atoms with Gasteiger partial charge in [0.05, 0.1) is 12.1 Å². The quantitative estimate of drug-likeness (QED) is 0.840. The van der Waals surface area contributed by atoms with Crippen LogP contribution in [0.15, 0.2) is 12.1 Å². The first-order valence-corrected chi connectivity index (χ1v) is 7.06. The van der Waals surface area contributed by atoms with E-state index in [9.17, 15) is 10.1 Å². The Morgan fingerprint density at radius 2 is 2.20 bits per heavy atom. The smallest absolute Gasteiger partial charge is 0.242 e. The maximum Gasteiger partial charge on any atom is 0.242 e. The predicted molar refractivity (Wildman–Crippen MR) is 77.4 cm³/mol. The van der Waals surface area contributed by atoms with Gasteiger partial charge in [0.2, 0.25) is 5.91 Å². The zero-order valence-corrected chi connectivity index (χ0v) is 12.1. The van der Waals surface area contributed by atoms with Crippen LogP contribution < -0.4 is 4.90 Å². The number of hydrogen-bond acceptors (Lipinski definition) is 4. The standard InChI is InChI=1S/C15H20N4O/c1-3-7-18-8-4-9-19(11-14(18)20)15-13(10-16)6-5-12(2)17-15/h5-6H,3-4,7-9,11H2,1-2H3. The van der Waals surface area contributed by atoms with E-state index >= 15 is 0 Å². The fourth-order valence-electron chi connectivity index (χ4n) is 2.48. The number of carbonyl (C=O) groups is 1. The summed E-state index contributed by atoms with van der Waals surface area (Å²) >= 11 is 0. The molecule has 1 aromatic heterocycles. The van der Waals surface area contributed by atoms with Crippen molar-refractivity contribution >= 4 is 11.7 Å². The molecule has 2 rings (SSSR count). The van der Waals surface area contributed by atoms with Crippen molar-refractivity contribution in [1.82, 2.24) is 9.88 Å². The number of aromatic nitrogens is 1. The van der Waals surface area contributed by atoms with Crippen molar-refractivity contribution in [2.24, 2.45) is 0 Å². The summed E-state index contributed by atoms with van der Waals surface area (Å²) in [7, 11) is 0. The Hall–Kier alpha value is -2.09. The number of aryl methyl sites for hydroxylation is 1. The first-order chi connectivity index (χ1) is 9.65. The van der Waals surface area contributed by atoms with Gasteiger partial charge in [-0.15, -0.1) is 0 Å². The summed E-state index contributed by atoms with van der Waals surface area (Å²) in [5, 5.41) is 9.20. The third kappa shape index (κ3) is 3.08. The summed E-state index contributed by atoms with van der Waals surface area (Å²) in [5.41, 5.74) is 1.40. The van der Waals surface area contributed by atoms with E-state index in [1.54, 1.807) is 6.07 Å². The number of hydrogen-bond donors (Lipinski definition) is 0. The summed E-state index contributed by atoms with van der Waals surface area (Å²) in [4.78, 5) is 20.5. The minimum Gasteiger partial charge on any atom is -0.346 e. The van der Waals surface area contributed by atoms with Crippen LogP contribution in [0.5, 0.6) is 0 Å². The Bertz CT molecular complexity index is 535. The number of anilines is 1. The van der Waals surface area contributed by atoms with E-state index in [1.807, 2.05) is 22.8 Å². The lowest BCUT2D eigenvalue weighted by molar-refractivity contribution is -0.129. The maximum absolute atomic E-state index is 12.2. The number of nitriles is 1. The number of carbonyl (C=O) groups excluding carboxylic acids is 1. The normalized spacial score (nSPS) is 15.9. The highest BCUT2D eigenvalue weighted by atomic mass is 16.2. The van der Waals surface area contributed by atoms with Gasteiger partial charge in [0.15, 0.2) is 0 Å². The van der Waals surface area contributed by atoms with Crippen molar-refractivity contribution in [3.05, 3.63) is 23.4 Å². The molecule has 1 fully saturated rings. The van der Waals surface area contributed by atoms with Crippen LogP contribution in [0.2, 0.25) is 0 Å². The zero-order chi connectivity index (χ0) is 14.5. The lowest BCUT2D eigenvalue weighted by atomic mass is 10.2. The Morgan fingerprint density at radius 3 is 2.90 bits per heavy atom. The molecule has 5 nitrogen and oxygen atoms in total. The van der Waals surface area contributed by atoms with Crippen LogP contribution in [-0.2, 0) is 4.79 Å². The summed E-state index contributed by atoms with van der Waals surface area (Å²) in [6.45, 7) is 6.64. The topological polar surface area (TPSA) is 60.2 Å². The largest absolute Gasteiger partial charge is 0.346 e. The molecule has 1 saturated heterocycles. The second-order valence-corrected chi connectivity index (χ2v) is 5.09. The van der Waals surface area contributed by atoms with E-state index in [4.69, 9.17) is 0 Å². The Morgan fingerprint density at radius 1 is 1.40 bits per heavy atom. The molecule has 0 aromatic carbocycles. The molecule has 1 aromatic rings.